The van der Waals surface area contributed by atoms with Gasteiger partial charge < -0.3 is 19.7 Å². The Hall–Kier alpha value is -3.35. The molecule has 0 unspecified atom stereocenters. The van der Waals surface area contributed by atoms with E-state index in [-0.39, 0.29) is 17.4 Å². The van der Waals surface area contributed by atoms with Crippen LogP contribution in [0, 0.1) is 5.41 Å². The highest BCUT2D eigenvalue weighted by Crippen LogP contribution is 2.50. The molecule has 0 radical (unpaired) electrons. The summed E-state index contributed by atoms with van der Waals surface area (Å²) in [6.07, 6.45) is 0.749. The summed E-state index contributed by atoms with van der Waals surface area (Å²) >= 11 is 1.45. The molecule has 0 aromatic carbocycles. The van der Waals surface area contributed by atoms with E-state index in [4.69, 9.17) is 0 Å². The number of nitrogens with zero attached hydrogens (tertiary/aromatic N) is 5. The Morgan fingerprint density at radius 3 is 2.68 bits per heavy atom. The lowest BCUT2D eigenvalue weighted by atomic mass is 9.60. The molecule has 1 aliphatic heterocycles. The predicted molar refractivity (Wildman–Crippen MR) is 118 cm³/mol. The Morgan fingerprint density at radius 2 is 2.00 bits per heavy atom. The first-order chi connectivity index (χ1) is 16.0. The Kier molecular flexibility index (Phi) is 5.01. The number of nitrogens with one attached hydrogen (secondary N) is 1. The third kappa shape index (κ3) is 3.63. The van der Waals surface area contributed by atoms with Crippen molar-refractivity contribution in [3.63, 3.8) is 0 Å². The van der Waals surface area contributed by atoms with E-state index in [1.807, 2.05) is 5.38 Å². The fourth-order valence-electron chi connectivity index (χ4n) is 4.75. The van der Waals surface area contributed by atoms with Gasteiger partial charge in [-0.15, -0.1) is 11.3 Å². The molecule has 1 aliphatic carbocycles. The lowest BCUT2D eigenvalue weighted by Gasteiger charge is -2.60. The number of thiazole rings is 1. The van der Waals surface area contributed by atoms with Crippen LogP contribution in [-0.2, 0) is 13.2 Å². The Morgan fingerprint density at radius 1 is 1.29 bits per heavy atom. The highest BCUT2D eigenvalue weighted by Gasteiger charge is 2.55. The minimum Gasteiger partial charge on any atom is -0.337 e. The van der Waals surface area contributed by atoms with Crippen molar-refractivity contribution in [3.05, 3.63) is 51.5 Å². The second-order valence-corrected chi connectivity index (χ2v) is 9.93. The van der Waals surface area contributed by atoms with Crippen LogP contribution in [0.15, 0.2) is 34.8 Å². The number of aromatic nitrogens is 3. The zero-order valence-electron chi connectivity index (χ0n) is 18.3. The maximum Gasteiger partial charge on any atom is 0.417 e. The van der Waals surface area contributed by atoms with Crippen molar-refractivity contribution < 1.29 is 22.8 Å². The second kappa shape index (κ2) is 7.58. The summed E-state index contributed by atoms with van der Waals surface area (Å²) in [7, 11) is 2.75. The Labute approximate surface area is 195 Å². The monoisotopic (exact) mass is 494 g/mol. The fourth-order valence-corrected chi connectivity index (χ4v) is 5.54. The van der Waals surface area contributed by atoms with Gasteiger partial charge in [0.1, 0.15) is 10.5 Å². The maximum absolute atomic E-state index is 13.1. The van der Waals surface area contributed by atoms with Gasteiger partial charge in [-0.1, -0.05) is 0 Å². The van der Waals surface area contributed by atoms with Gasteiger partial charge in [-0.2, -0.15) is 18.3 Å². The van der Waals surface area contributed by atoms with Gasteiger partial charge in [0.15, 0.2) is 0 Å². The molecule has 1 spiro atoms. The number of halogens is 3. The van der Waals surface area contributed by atoms with Crippen LogP contribution in [0.5, 0.6) is 0 Å². The van der Waals surface area contributed by atoms with Crippen LogP contribution in [0.1, 0.15) is 28.8 Å². The highest BCUT2D eigenvalue weighted by molar-refractivity contribution is 7.15. The number of alkyl halides is 3. The number of carbonyl (C=O) groups excluding carboxylic acids is 2. The average molecular weight is 494 g/mol. The first-order valence-corrected chi connectivity index (χ1v) is 11.4. The quantitative estimate of drug-likeness (QED) is 0.606. The van der Waals surface area contributed by atoms with Crippen molar-refractivity contribution >= 4 is 33.8 Å². The highest BCUT2D eigenvalue weighted by atomic mass is 32.1. The number of aryl methyl sites for hydroxylation is 1. The topological polar surface area (TPSA) is 92.0 Å². The summed E-state index contributed by atoms with van der Waals surface area (Å²) in [5.41, 5.74) is -1.67. The van der Waals surface area contributed by atoms with Gasteiger partial charge in [-0.05, 0) is 18.9 Å². The standard InChI is InChI=1S/C21H21F3N6O3S/c1-27-9-12(21(22,23)24)5-15(17(27)32)26-19(33)28(2)13-6-20(7-13)10-29(11-20)16(31)14-8-25-30-3-4-34-18(14)30/h3-5,8-9,13H,6-7,10-11H2,1-2H3,(H,26,33). The minimum atomic E-state index is -4.64. The smallest absolute Gasteiger partial charge is 0.337 e. The van der Waals surface area contributed by atoms with E-state index in [0.29, 0.717) is 43.8 Å². The second-order valence-electron chi connectivity index (χ2n) is 9.03. The van der Waals surface area contributed by atoms with Crippen LogP contribution in [0.4, 0.5) is 23.7 Å². The zero-order chi connectivity index (χ0) is 24.4. The van der Waals surface area contributed by atoms with Crippen LogP contribution in [0.25, 0.3) is 4.83 Å². The van der Waals surface area contributed by atoms with E-state index in [1.54, 1.807) is 28.9 Å². The molecule has 1 saturated heterocycles. The van der Waals surface area contributed by atoms with Crippen molar-refractivity contribution in [1.82, 2.24) is 24.0 Å². The van der Waals surface area contributed by atoms with E-state index in [9.17, 15) is 27.6 Å². The molecule has 1 saturated carbocycles. The molecule has 1 N–H and O–H groups in total. The summed E-state index contributed by atoms with van der Waals surface area (Å²) < 4.78 is 41.7. The first-order valence-electron chi connectivity index (χ1n) is 10.5. The molecule has 13 heteroatoms. The van der Waals surface area contributed by atoms with Crippen molar-refractivity contribution in [2.75, 3.05) is 25.5 Å². The van der Waals surface area contributed by atoms with E-state index < -0.39 is 29.0 Å². The number of urea groups is 1. The van der Waals surface area contributed by atoms with Gasteiger partial charge in [0.2, 0.25) is 0 Å². The van der Waals surface area contributed by atoms with Gasteiger partial charge in [0.25, 0.3) is 11.5 Å². The number of amides is 3. The van der Waals surface area contributed by atoms with E-state index in [1.165, 1.54) is 23.3 Å². The molecule has 3 aromatic rings. The molecule has 34 heavy (non-hydrogen) atoms. The van der Waals surface area contributed by atoms with Crippen LogP contribution in [0.3, 0.4) is 0 Å². The summed E-state index contributed by atoms with van der Waals surface area (Å²) in [6, 6.07) is -0.136. The van der Waals surface area contributed by atoms with Crippen LogP contribution in [0.2, 0.25) is 0 Å². The molecule has 3 aromatic heterocycles. The number of carbonyl (C=O) groups is 2. The molecule has 9 nitrogen and oxygen atoms in total. The van der Waals surface area contributed by atoms with Crippen LogP contribution >= 0.6 is 11.3 Å². The van der Waals surface area contributed by atoms with E-state index in [2.05, 4.69) is 10.4 Å². The van der Waals surface area contributed by atoms with Gasteiger partial charge in [-0.25, -0.2) is 9.31 Å². The maximum atomic E-state index is 13.1. The van der Waals surface area contributed by atoms with Crippen LogP contribution < -0.4 is 10.9 Å². The number of fused-ring (bicyclic) bond motifs is 1. The lowest BCUT2D eigenvalue weighted by molar-refractivity contribution is -0.138. The molecular weight excluding hydrogens is 473 g/mol. The molecule has 2 fully saturated rings. The zero-order valence-corrected chi connectivity index (χ0v) is 19.1. The van der Waals surface area contributed by atoms with Gasteiger partial charge in [0.05, 0.1) is 17.3 Å². The molecule has 3 amide bonds. The molecule has 4 heterocycles. The summed E-state index contributed by atoms with van der Waals surface area (Å²) in [5.74, 6) is -0.0713. The van der Waals surface area contributed by atoms with Crippen molar-refractivity contribution in [3.8, 4) is 0 Å². The van der Waals surface area contributed by atoms with Crippen LogP contribution in [-0.4, -0.2) is 62.1 Å². The van der Waals surface area contributed by atoms with Gasteiger partial charge in [0, 0.05) is 56.4 Å². The van der Waals surface area contributed by atoms with Crippen molar-refractivity contribution in [2.45, 2.75) is 25.1 Å². The molecule has 2 aliphatic rings. The number of pyridine rings is 1. The molecule has 0 bridgehead atoms. The predicted octanol–water partition coefficient (Wildman–Crippen LogP) is 2.88. The summed E-state index contributed by atoms with van der Waals surface area (Å²) in [5, 5.41) is 8.35. The number of hydrogen-bond donors (Lipinski definition) is 1. The Balaban J connectivity index is 1.18. The SMILES string of the molecule is CN(C(=O)Nc1cc(C(F)(F)F)cn(C)c1=O)C1CC2(C1)CN(C(=O)c1cnn3ccsc13)C2. The molecule has 5 rings (SSSR count). The van der Waals surface area contributed by atoms with Crippen molar-refractivity contribution in [1.29, 1.82) is 0 Å². The average Bonchev–Trinajstić information content (AvgIpc) is 3.31. The fraction of sp³-hybridized carbons (Fsp3) is 0.429. The molecule has 180 valence electrons. The van der Waals surface area contributed by atoms with Gasteiger partial charge in [-0.3, -0.25) is 9.59 Å². The summed E-state index contributed by atoms with van der Waals surface area (Å²) in [4.78, 5) is 41.6. The largest absolute Gasteiger partial charge is 0.417 e. The lowest BCUT2D eigenvalue weighted by Crippen LogP contribution is -2.67. The normalized spacial score (nSPS) is 17.5. The first kappa shape index (κ1) is 22.4. The number of likely N-dealkylation sites (tertiary alicyclic amines) is 1. The number of anilines is 1. The third-order valence-corrected chi connectivity index (χ3v) is 7.55. The Bertz CT molecular complexity index is 1350. The van der Waals surface area contributed by atoms with E-state index in [0.717, 1.165) is 9.40 Å². The van der Waals surface area contributed by atoms with Crippen molar-refractivity contribution in [2.24, 2.45) is 12.5 Å². The summed E-state index contributed by atoms with van der Waals surface area (Å²) in [6.45, 7) is 1.16. The number of hydrogen-bond acceptors (Lipinski definition) is 5. The number of rotatable bonds is 3. The van der Waals surface area contributed by atoms with E-state index >= 15 is 0 Å². The minimum absolute atomic E-state index is 0.0665. The molecule has 0 atom stereocenters. The third-order valence-electron chi connectivity index (χ3n) is 6.66. The van der Waals surface area contributed by atoms with Gasteiger partial charge >= 0.3 is 12.2 Å². The molecular formula is C21H21F3N6O3S.